The van der Waals surface area contributed by atoms with Crippen LogP contribution in [-0.2, 0) is 0 Å². The van der Waals surface area contributed by atoms with Gasteiger partial charge in [0.1, 0.15) is 5.52 Å². The molecule has 0 amide bonds. The molecular formula is C12H14N4O3. The molecule has 0 spiro atoms. The van der Waals surface area contributed by atoms with Gasteiger partial charge in [0.2, 0.25) is 0 Å². The minimum absolute atomic E-state index is 0.0172. The van der Waals surface area contributed by atoms with Crippen molar-refractivity contribution in [3.05, 3.63) is 28.3 Å². The SMILES string of the molecule is CCN(c1nc2ccc([N+](=O)[O-])cc2o1)C1CNC1. The van der Waals surface area contributed by atoms with Crippen LogP contribution in [0.15, 0.2) is 22.6 Å². The molecule has 1 saturated heterocycles. The van der Waals surface area contributed by atoms with Crippen molar-refractivity contribution in [3.8, 4) is 0 Å². The molecule has 1 fully saturated rings. The predicted octanol–water partition coefficient (Wildman–Crippen LogP) is 1.53. The molecule has 1 aliphatic heterocycles. The first-order chi connectivity index (χ1) is 9.19. The van der Waals surface area contributed by atoms with Gasteiger partial charge in [0.15, 0.2) is 5.58 Å². The highest BCUT2D eigenvalue weighted by Crippen LogP contribution is 2.27. The van der Waals surface area contributed by atoms with Gasteiger partial charge in [0.25, 0.3) is 11.7 Å². The van der Waals surface area contributed by atoms with Crippen LogP contribution in [0.3, 0.4) is 0 Å². The van der Waals surface area contributed by atoms with E-state index >= 15 is 0 Å². The third kappa shape index (κ3) is 2.01. The molecule has 2 heterocycles. The fraction of sp³-hybridized carbons (Fsp3) is 0.417. The molecule has 19 heavy (non-hydrogen) atoms. The summed E-state index contributed by atoms with van der Waals surface area (Å²) in [6.45, 7) is 4.65. The molecule has 1 aromatic heterocycles. The van der Waals surface area contributed by atoms with Gasteiger partial charge < -0.3 is 14.6 Å². The Morgan fingerprint density at radius 2 is 2.37 bits per heavy atom. The van der Waals surface area contributed by atoms with Crippen LogP contribution in [0.4, 0.5) is 11.7 Å². The van der Waals surface area contributed by atoms with Crippen LogP contribution in [0.25, 0.3) is 11.1 Å². The van der Waals surface area contributed by atoms with Crippen molar-refractivity contribution in [2.75, 3.05) is 24.5 Å². The smallest absolute Gasteiger partial charge is 0.298 e. The molecule has 2 aromatic rings. The van der Waals surface area contributed by atoms with E-state index in [4.69, 9.17) is 4.42 Å². The van der Waals surface area contributed by atoms with Crippen molar-refractivity contribution in [2.45, 2.75) is 13.0 Å². The van der Waals surface area contributed by atoms with E-state index in [2.05, 4.69) is 15.2 Å². The number of hydrogen-bond donors (Lipinski definition) is 1. The second kappa shape index (κ2) is 4.51. The monoisotopic (exact) mass is 262 g/mol. The van der Waals surface area contributed by atoms with Crippen molar-refractivity contribution in [1.29, 1.82) is 0 Å². The first kappa shape index (κ1) is 11.9. The summed E-state index contributed by atoms with van der Waals surface area (Å²) in [4.78, 5) is 16.8. The molecule has 100 valence electrons. The van der Waals surface area contributed by atoms with Crippen LogP contribution in [0, 0.1) is 10.1 Å². The zero-order valence-corrected chi connectivity index (χ0v) is 10.5. The summed E-state index contributed by atoms with van der Waals surface area (Å²) in [5, 5.41) is 13.9. The Morgan fingerprint density at radius 1 is 1.58 bits per heavy atom. The van der Waals surface area contributed by atoms with Crippen LogP contribution in [0.1, 0.15) is 6.92 Å². The summed E-state index contributed by atoms with van der Waals surface area (Å²) < 4.78 is 5.65. The summed E-state index contributed by atoms with van der Waals surface area (Å²) in [7, 11) is 0. The first-order valence-electron chi connectivity index (χ1n) is 6.21. The summed E-state index contributed by atoms with van der Waals surface area (Å²) in [5.74, 6) is 0. The molecule has 1 N–H and O–H groups in total. The number of benzene rings is 1. The van der Waals surface area contributed by atoms with Gasteiger partial charge in [0.05, 0.1) is 17.0 Å². The van der Waals surface area contributed by atoms with E-state index < -0.39 is 4.92 Å². The van der Waals surface area contributed by atoms with Crippen molar-refractivity contribution in [1.82, 2.24) is 10.3 Å². The first-order valence-corrected chi connectivity index (χ1v) is 6.21. The van der Waals surface area contributed by atoms with Gasteiger partial charge in [-0.05, 0) is 13.0 Å². The molecule has 0 radical (unpaired) electrons. The summed E-state index contributed by atoms with van der Waals surface area (Å²) in [5.41, 5.74) is 1.12. The van der Waals surface area contributed by atoms with Gasteiger partial charge in [-0.3, -0.25) is 10.1 Å². The third-order valence-electron chi connectivity index (χ3n) is 3.36. The number of nitro benzene ring substituents is 1. The van der Waals surface area contributed by atoms with Gasteiger partial charge >= 0.3 is 0 Å². The number of oxazole rings is 1. The highest BCUT2D eigenvalue weighted by Gasteiger charge is 2.27. The van der Waals surface area contributed by atoms with E-state index in [1.54, 1.807) is 6.07 Å². The van der Waals surface area contributed by atoms with E-state index in [0.717, 1.165) is 19.6 Å². The number of nitro groups is 1. The molecule has 0 unspecified atom stereocenters. The number of nitrogens with zero attached hydrogens (tertiary/aromatic N) is 3. The highest BCUT2D eigenvalue weighted by atomic mass is 16.6. The lowest BCUT2D eigenvalue weighted by Crippen LogP contribution is -2.57. The normalized spacial score (nSPS) is 15.4. The zero-order chi connectivity index (χ0) is 13.4. The van der Waals surface area contributed by atoms with E-state index in [1.807, 2.05) is 6.92 Å². The van der Waals surface area contributed by atoms with Crippen molar-refractivity contribution < 1.29 is 9.34 Å². The van der Waals surface area contributed by atoms with Crippen LogP contribution in [0.5, 0.6) is 0 Å². The molecule has 0 saturated carbocycles. The van der Waals surface area contributed by atoms with Crippen molar-refractivity contribution in [3.63, 3.8) is 0 Å². The lowest BCUT2D eigenvalue weighted by molar-refractivity contribution is -0.384. The Morgan fingerprint density at radius 3 is 2.95 bits per heavy atom. The quantitative estimate of drug-likeness (QED) is 0.664. The number of hydrogen-bond acceptors (Lipinski definition) is 6. The maximum atomic E-state index is 10.7. The number of aromatic nitrogens is 1. The van der Waals surface area contributed by atoms with Gasteiger partial charge in [0, 0.05) is 25.7 Å². The maximum Gasteiger partial charge on any atom is 0.298 e. The van der Waals surface area contributed by atoms with E-state index in [9.17, 15) is 10.1 Å². The topological polar surface area (TPSA) is 84.4 Å². The average molecular weight is 262 g/mol. The number of non-ortho nitro benzene ring substituents is 1. The van der Waals surface area contributed by atoms with Crippen molar-refractivity contribution >= 4 is 22.8 Å². The second-order valence-electron chi connectivity index (χ2n) is 4.50. The molecule has 0 atom stereocenters. The molecule has 0 bridgehead atoms. The third-order valence-corrected chi connectivity index (χ3v) is 3.36. The maximum absolute atomic E-state index is 10.7. The Kier molecular flexibility index (Phi) is 2.83. The molecule has 7 nitrogen and oxygen atoms in total. The Bertz CT molecular complexity index is 620. The van der Waals surface area contributed by atoms with Gasteiger partial charge in [-0.1, -0.05) is 0 Å². The second-order valence-corrected chi connectivity index (χ2v) is 4.50. The molecule has 0 aliphatic carbocycles. The lowest BCUT2D eigenvalue weighted by atomic mass is 10.1. The van der Waals surface area contributed by atoms with Crippen molar-refractivity contribution in [2.24, 2.45) is 0 Å². The zero-order valence-electron chi connectivity index (χ0n) is 10.5. The number of rotatable bonds is 4. The molecule has 3 rings (SSSR count). The lowest BCUT2D eigenvalue weighted by Gasteiger charge is -2.36. The predicted molar refractivity (Wildman–Crippen MR) is 70.3 cm³/mol. The average Bonchev–Trinajstić information content (AvgIpc) is 2.75. The minimum atomic E-state index is -0.435. The Balaban J connectivity index is 1.98. The van der Waals surface area contributed by atoms with Gasteiger partial charge in [-0.15, -0.1) is 0 Å². The van der Waals surface area contributed by atoms with E-state index in [0.29, 0.717) is 23.2 Å². The number of fused-ring (bicyclic) bond motifs is 1. The standard InChI is InChI=1S/C12H14N4O3/c1-2-15(9-6-13-7-9)12-14-10-4-3-8(16(17)18)5-11(10)19-12/h3-5,9,13H,2,6-7H2,1H3. The van der Waals surface area contributed by atoms with E-state index in [1.165, 1.54) is 12.1 Å². The molecule has 7 heteroatoms. The highest BCUT2D eigenvalue weighted by molar-refractivity contribution is 5.77. The Labute approximate surface area is 109 Å². The minimum Gasteiger partial charge on any atom is -0.423 e. The van der Waals surface area contributed by atoms with Crippen LogP contribution in [0.2, 0.25) is 0 Å². The summed E-state index contributed by atoms with van der Waals surface area (Å²) in [6, 6.07) is 5.39. The molecular weight excluding hydrogens is 248 g/mol. The number of nitrogens with one attached hydrogen (secondary N) is 1. The fourth-order valence-electron chi connectivity index (χ4n) is 2.18. The van der Waals surface area contributed by atoms with Crippen LogP contribution < -0.4 is 10.2 Å². The number of anilines is 1. The van der Waals surface area contributed by atoms with Crippen LogP contribution in [-0.4, -0.2) is 35.6 Å². The Hall–Kier alpha value is -2.15. The van der Waals surface area contributed by atoms with Gasteiger partial charge in [-0.2, -0.15) is 4.98 Å². The van der Waals surface area contributed by atoms with Gasteiger partial charge in [-0.25, -0.2) is 0 Å². The molecule has 1 aromatic carbocycles. The largest absolute Gasteiger partial charge is 0.423 e. The summed E-state index contributed by atoms with van der Waals surface area (Å²) >= 11 is 0. The van der Waals surface area contributed by atoms with E-state index in [-0.39, 0.29) is 5.69 Å². The number of likely N-dealkylation sites (N-methyl/N-ethyl adjacent to an activating group) is 1. The molecule has 1 aliphatic rings. The summed E-state index contributed by atoms with van der Waals surface area (Å²) in [6.07, 6.45) is 0. The van der Waals surface area contributed by atoms with Crippen LogP contribution >= 0.6 is 0 Å². The fourth-order valence-corrected chi connectivity index (χ4v) is 2.18.